The third-order valence-corrected chi connectivity index (χ3v) is 6.94. The maximum absolute atomic E-state index is 13.5. The minimum absolute atomic E-state index is 0.0701. The number of likely N-dealkylation sites (tertiary alicyclic amines) is 1. The second kappa shape index (κ2) is 6.78. The van der Waals surface area contributed by atoms with E-state index in [0.29, 0.717) is 24.5 Å². The lowest BCUT2D eigenvalue weighted by molar-refractivity contribution is 0.0713. The smallest absolute Gasteiger partial charge is 0.276 e. The van der Waals surface area contributed by atoms with Crippen LogP contribution in [-0.2, 0) is 13.6 Å². The number of rotatable bonds is 4. The fraction of sp³-hybridized carbons (Fsp3) is 0.571. The van der Waals surface area contributed by atoms with Crippen LogP contribution >= 0.6 is 0 Å². The van der Waals surface area contributed by atoms with E-state index < -0.39 is 0 Å². The Hall–Kier alpha value is -2.97. The quantitative estimate of drug-likeness (QED) is 0.657. The standard InChI is InChI=1S/C21H27N7O2/c1-13-8-14(2)28(24-13)9-16-15(3)30-25-18(16)20(29)27-10-17(19-23-22-12-26(19)4)21(11-27)6-5-7-21/h8,12,17H,5-7,9-11H2,1-4H3. The van der Waals surface area contributed by atoms with Crippen molar-refractivity contribution in [1.29, 1.82) is 0 Å². The first kappa shape index (κ1) is 19.0. The van der Waals surface area contributed by atoms with E-state index in [4.69, 9.17) is 4.52 Å². The maximum atomic E-state index is 13.5. The van der Waals surface area contributed by atoms with Crippen LogP contribution in [0.15, 0.2) is 16.9 Å². The minimum Gasteiger partial charge on any atom is -0.361 e. The number of carbonyl (C=O) groups excluding carboxylic acids is 1. The van der Waals surface area contributed by atoms with Gasteiger partial charge >= 0.3 is 0 Å². The van der Waals surface area contributed by atoms with Gasteiger partial charge in [-0.05, 0) is 45.1 Å². The lowest BCUT2D eigenvalue weighted by Gasteiger charge is -2.42. The highest BCUT2D eigenvalue weighted by Crippen LogP contribution is 2.55. The molecule has 9 heteroatoms. The number of carbonyl (C=O) groups is 1. The summed E-state index contributed by atoms with van der Waals surface area (Å²) in [5.41, 5.74) is 3.30. The molecule has 2 fully saturated rings. The Labute approximate surface area is 175 Å². The molecule has 9 nitrogen and oxygen atoms in total. The molecule has 4 heterocycles. The summed E-state index contributed by atoms with van der Waals surface area (Å²) in [4.78, 5) is 15.5. The number of amides is 1. The van der Waals surface area contributed by atoms with Gasteiger partial charge in [0.15, 0.2) is 5.69 Å². The third-order valence-electron chi connectivity index (χ3n) is 6.94. The lowest BCUT2D eigenvalue weighted by atomic mass is 9.62. The van der Waals surface area contributed by atoms with Gasteiger partial charge in [-0.3, -0.25) is 9.48 Å². The Morgan fingerprint density at radius 2 is 2.10 bits per heavy atom. The summed E-state index contributed by atoms with van der Waals surface area (Å²) >= 11 is 0. The zero-order valence-corrected chi connectivity index (χ0v) is 17.9. The van der Waals surface area contributed by atoms with Crippen molar-refractivity contribution in [3.05, 3.63) is 46.6 Å². The van der Waals surface area contributed by atoms with Crippen molar-refractivity contribution in [2.75, 3.05) is 13.1 Å². The highest BCUT2D eigenvalue weighted by Gasteiger charge is 2.54. The van der Waals surface area contributed by atoms with E-state index >= 15 is 0 Å². The van der Waals surface area contributed by atoms with Crippen molar-refractivity contribution in [1.82, 2.24) is 34.6 Å². The van der Waals surface area contributed by atoms with Gasteiger partial charge in [-0.2, -0.15) is 5.10 Å². The average Bonchev–Trinajstić information content (AvgIpc) is 3.42. The van der Waals surface area contributed by atoms with Crippen LogP contribution in [0.2, 0.25) is 0 Å². The molecule has 1 spiro atoms. The second-order valence-corrected chi connectivity index (χ2v) is 8.90. The SMILES string of the molecule is Cc1cc(C)n(Cc2c(C(=O)N3CC(c4nncn4C)C4(CCC4)C3)noc2C)n1. The van der Waals surface area contributed by atoms with Gasteiger partial charge in [0.2, 0.25) is 0 Å². The van der Waals surface area contributed by atoms with Gasteiger partial charge in [-0.25, -0.2) is 0 Å². The van der Waals surface area contributed by atoms with Crippen LogP contribution in [0.5, 0.6) is 0 Å². The largest absolute Gasteiger partial charge is 0.361 e. The minimum atomic E-state index is -0.0701. The predicted molar refractivity (Wildman–Crippen MR) is 108 cm³/mol. The van der Waals surface area contributed by atoms with Gasteiger partial charge < -0.3 is 14.0 Å². The van der Waals surface area contributed by atoms with E-state index in [1.807, 2.05) is 48.0 Å². The Kier molecular flexibility index (Phi) is 4.30. The van der Waals surface area contributed by atoms with E-state index in [0.717, 1.165) is 42.2 Å². The molecular formula is C21H27N7O2. The van der Waals surface area contributed by atoms with E-state index in [1.54, 1.807) is 6.33 Å². The molecule has 0 bridgehead atoms. The van der Waals surface area contributed by atoms with Crippen molar-refractivity contribution in [3.63, 3.8) is 0 Å². The number of nitrogens with zero attached hydrogens (tertiary/aromatic N) is 7. The molecule has 1 saturated heterocycles. The number of hydrogen-bond acceptors (Lipinski definition) is 6. The molecule has 0 N–H and O–H groups in total. The van der Waals surface area contributed by atoms with Gasteiger partial charge in [0.1, 0.15) is 17.9 Å². The molecular weight excluding hydrogens is 382 g/mol. The summed E-state index contributed by atoms with van der Waals surface area (Å²) in [6.07, 6.45) is 5.16. The van der Waals surface area contributed by atoms with Gasteiger partial charge in [0.05, 0.1) is 12.2 Å². The molecule has 1 amide bonds. The molecule has 0 radical (unpaired) electrons. The summed E-state index contributed by atoms with van der Waals surface area (Å²) in [6, 6.07) is 2.02. The van der Waals surface area contributed by atoms with E-state index in [1.165, 1.54) is 6.42 Å². The third kappa shape index (κ3) is 2.86. The molecule has 2 aliphatic rings. The van der Waals surface area contributed by atoms with Crippen molar-refractivity contribution in [2.24, 2.45) is 12.5 Å². The van der Waals surface area contributed by atoms with Crippen molar-refractivity contribution in [2.45, 2.75) is 52.5 Å². The first-order chi connectivity index (χ1) is 14.4. The van der Waals surface area contributed by atoms with Crippen LogP contribution in [0.3, 0.4) is 0 Å². The van der Waals surface area contributed by atoms with Crippen molar-refractivity contribution in [3.8, 4) is 0 Å². The number of aromatic nitrogens is 6. The fourth-order valence-corrected chi connectivity index (χ4v) is 5.10. The van der Waals surface area contributed by atoms with Gasteiger partial charge in [0, 0.05) is 37.3 Å². The molecule has 1 atom stereocenters. The Morgan fingerprint density at radius 1 is 1.30 bits per heavy atom. The Balaban J connectivity index is 1.43. The molecule has 1 unspecified atom stereocenters. The maximum Gasteiger partial charge on any atom is 0.276 e. The van der Waals surface area contributed by atoms with Gasteiger partial charge in [-0.1, -0.05) is 11.6 Å². The molecule has 158 valence electrons. The average molecular weight is 409 g/mol. The summed E-state index contributed by atoms with van der Waals surface area (Å²) in [5, 5.41) is 17.1. The van der Waals surface area contributed by atoms with Crippen LogP contribution in [0.1, 0.15) is 64.2 Å². The highest BCUT2D eigenvalue weighted by atomic mass is 16.5. The molecule has 3 aromatic heterocycles. The molecule has 30 heavy (non-hydrogen) atoms. The first-order valence-electron chi connectivity index (χ1n) is 10.5. The van der Waals surface area contributed by atoms with Gasteiger partial charge in [0.25, 0.3) is 5.91 Å². The molecule has 1 aliphatic carbocycles. The van der Waals surface area contributed by atoms with Gasteiger partial charge in [-0.15, -0.1) is 10.2 Å². The summed E-state index contributed by atoms with van der Waals surface area (Å²) in [5.74, 6) is 1.76. The van der Waals surface area contributed by atoms with Crippen LogP contribution in [0.4, 0.5) is 0 Å². The zero-order valence-electron chi connectivity index (χ0n) is 17.9. The van der Waals surface area contributed by atoms with Crippen molar-refractivity contribution < 1.29 is 9.32 Å². The van der Waals surface area contributed by atoms with Crippen molar-refractivity contribution >= 4 is 5.91 Å². The molecule has 1 saturated carbocycles. The molecule has 0 aromatic carbocycles. The monoisotopic (exact) mass is 409 g/mol. The molecule has 5 rings (SSSR count). The van der Waals surface area contributed by atoms with Crippen LogP contribution < -0.4 is 0 Å². The molecule has 1 aliphatic heterocycles. The fourth-order valence-electron chi connectivity index (χ4n) is 5.10. The lowest BCUT2D eigenvalue weighted by Crippen LogP contribution is -2.38. The zero-order chi connectivity index (χ0) is 21.0. The predicted octanol–water partition coefficient (Wildman–Crippen LogP) is 2.38. The normalized spacial score (nSPS) is 20.1. The molecule has 3 aromatic rings. The van der Waals surface area contributed by atoms with Crippen LogP contribution in [-0.4, -0.2) is 53.6 Å². The summed E-state index contributed by atoms with van der Waals surface area (Å²) in [6.45, 7) is 7.67. The first-order valence-corrected chi connectivity index (χ1v) is 10.5. The van der Waals surface area contributed by atoms with E-state index in [2.05, 4.69) is 20.5 Å². The summed E-state index contributed by atoms with van der Waals surface area (Å²) < 4.78 is 9.31. The van der Waals surface area contributed by atoms with E-state index in [-0.39, 0.29) is 17.2 Å². The number of aryl methyl sites for hydroxylation is 4. The highest BCUT2D eigenvalue weighted by molar-refractivity contribution is 5.94. The van der Waals surface area contributed by atoms with Crippen LogP contribution in [0, 0.1) is 26.2 Å². The van der Waals surface area contributed by atoms with E-state index in [9.17, 15) is 4.79 Å². The topological polar surface area (TPSA) is 94.9 Å². The number of hydrogen-bond donors (Lipinski definition) is 0. The summed E-state index contributed by atoms with van der Waals surface area (Å²) in [7, 11) is 1.97. The Morgan fingerprint density at radius 3 is 2.70 bits per heavy atom. The second-order valence-electron chi connectivity index (χ2n) is 8.90. The Bertz CT molecular complexity index is 1100. The van der Waals surface area contributed by atoms with Crippen LogP contribution in [0.25, 0.3) is 0 Å².